The van der Waals surface area contributed by atoms with Crippen LogP contribution >= 0.6 is 35.3 Å². The highest BCUT2D eigenvalue weighted by Crippen LogP contribution is 2.12. The second-order valence-corrected chi connectivity index (χ2v) is 6.86. The minimum Gasteiger partial charge on any atom is -0.378 e. The molecule has 0 radical (unpaired) electrons. The van der Waals surface area contributed by atoms with Gasteiger partial charge in [-0.3, -0.25) is 4.99 Å². The number of hydrogen-bond donors (Lipinski definition) is 2. The van der Waals surface area contributed by atoms with E-state index in [4.69, 9.17) is 0 Å². The van der Waals surface area contributed by atoms with E-state index >= 15 is 0 Å². The Labute approximate surface area is 172 Å². The zero-order valence-corrected chi connectivity index (χ0v) is 18.4. The van der Waals surface area contributed by atoms with Gasteiger partial charge in [0.25, 0.3) is 0 Å². The van der Waals surface area contributed by atoms with Gasteiger partial charge in [0.15, 0.2) is 5.96 Å². The molecule has 0 unspecified atom stereocenters. The molecule has 0 aliphatic heterocycles. The van der Waals surface area contributed by atoms with Gasteiger partial charge in [0, 0.05) is 50.7 Å². The largest absolute Gasteiger partial charge is 0.378 e. The van der Waals surface area contributed by atoms with Gasteiger partial charge in [0.05, 0.1) is 0 Å². The summed E-state index contributed by atoms with van der Waals surface area (Å²) >= 11 is 1.79. The van der Waals surface area contributed by atoms with Gasteiger partial charge >= 0.3 is 0 Å². The number of nitrogens with one attached hydrogen (secondary N) is 2. The van der Waals surface area contributed by atoms with Crippen LogP contribution in [0.1, 0.15) is 17.4 Å². The summed E-state index contributed by atoms with van der Waals surface area (Å²) in [6.45, 7) is 4.67. The van der Waals surface area contributed by atoms with E-state index in [0.29, 0.717) is 0 Å². The molecule has 0 fully saturated rings. The van der Waals surface area contributed by atoms with Crippen LogP contribution in [0.3, 0.4) is 0 Å². The molecule has 2 aromatic rings. The van der Waals surface area contributed by atoms with E-state index in [0.717, 1.165) is 38.4 Å². The molecule has 0 bridgehead atoms. The maximum atomic E-state index is 4.65. The fraction of sp³-hybridized carbons (Fsp3) is 0.421. The fourth-order valence-corrected chi connectivity index (χ4v) is 3.06. The number of halogens is 1. The highest BCUT2D eigenvalue weighted by molar-refractivity contribution is 14.0. The lowest BCUT2D eigenvalue weighted by Crippen LogP contribution is -2.38. The number of nitrogens with zero attached hydrogens (tertiary/aromatic N) is 2. The van der Waals surface area contributed by atoms with Gasteiger partial charge in [0.2, 0.25) is 0 Å². The Bertz CT molecular complexity index is 609. The predicted octanol–water partition coefficient (Wildman–Crippen LogP) is 3.77. The molecule has 0 saturated heterocycles. The molecule has 0 aliphatic carbocycles. The summed E-state index contributed by atoms with van der Waals surface area (Å²) < 4.78 is 0. The Kier molecular flexibility index (Phi) is 10.6. The Morgan fingerprint density at radius 1 is 1.08 bits per heavy atom. The zero-order valence-electron chi connectivity index (χ0n) is 15.3. The lowest BCUT2D eigenvalue weighted by molar-refractivity contribution is 0.798. The van der Waals surface area contributed by atoms with Crippen molar-refractivity contribution in [1.29, 1.82) is 0 Å². The highest BCUT2D eigenvalue weighted by Gasteiger charge is 2.00. The van der Waals surface area contributed by atoms with Crippen LogP contribution in [0.25, 0.3) is 0 Å². The van der Waals surface area contributed by atoms with Crippen LogP contribution in [0.2, 0.25) is 0 Å². The molecule has 0 amide bonds. The van der Waals surface area contributed by atoms with Gasteiger partial charge in [0.1, 0.15) is 0 Å². The van der Waals surface area contributed by atoms with Crippen LogP contribution in [-0.2, 0) is 12.8 Å². The van der Waals surface area contributed by atoms with Crippen molar-refractivity contribution in [1.82, 2.24) is 10.6 Å². The first kappa shape index (κ1) is 21.8. The molecule has 4 nitrogen and oxygen atoms in total. The standard InChI is InChI=1S/C19H28N4S.HI/c1-4-20-19(22-14-12-18-6-5-15-24-18)21-13-11-16-7-9-17(10-8-16)23(2)3;/h5-10,15H,4,11-14H2,1-3H3,(H2,20,21,22);1H. The number of anilines is 1. The summed E-state index contributed by atoms with van der Waals surface area (Å²) in [6, 6.07) is 13.0. The number of guanidine groups is 1. The average molecular weight is 472 g/mol. The van der Waals surface area contributed by atoms with Crippen molar-refractivity contribution < 1.29 is 0 Å². The second kappa shape index (κ2) is 12.1. The molecule has 2 N–H and O–H groups in total. The number of thiophene rings is 1. The normalized spacial score (nSPS) is 10.9. The smallest absolute Gasteiger partial charge is 0.191 e. The van der Waals surface area contributed by atoms with Crippen molar-refractivity contribution in [3.8, 4) is 0 Å². The van der Waals surface area contributed by atoms with E-state index in [-0.39, 0.29) is 24.0 Å². The van der Waals surface area contributed by atoms with Gasteiger partial charge in [-0.05, 0) is 42.5 Å². The average Bonchev–Trinajstić information content (AvgIpc) is 3.09. The third-order valence-electron chi connectivity index (χ3n) is 3.71. The lowest BCUT2D eigenvalue weighted by Gasteiger charge is -2.13. The van der Waals surface area contributed by atoms with Crippen molar-refractivity contribution in [3.05, 3.63) is 52.2 Å². The van der Waals surface area contributed by atoms with E-state index in [1.807, 2.05) is 0 Å². The van der Waals surface area contributed by atoms with Crippen molar-refractivity contribution in [3.63, 3.8) is 0 Å². The first-order valence-corrected chi connectivity index (χ1v) is 9.38. The first-order chi connectivity index (χ1) is 11.7. The maximum absolute atomic E-state index is 4.65. The quantitative estimate of drug-likeness (QED) is 0.349. The number of benzene rings is 1. The van der Waals surface area contributed by atoms with Crippen molar-refractivity contribution in [2.75, 3.05) is 38.6 Å². The molecule has 1 heterocycles. The van der Waals surface area contributed by atoms with Crippen LogP contribution in [0.15, 0.2) is 46.8 Å². The number of rotatable bonds is 8. The van der Waals surface area contributed by atoms with Crippen molar-refractivity contribution in [2.24, 2.45) is 4.99 Å². The summed E-state index contributed by atoms with van der Waals surface area (Å²) in [5.41, 5.74) is 2.57. The van der Waals surface area contributed by atoms with Crippen LogP contribution in [0.5, 0.6) is 0 Å². The summed E-state index contributed by atoms with van der Waals surface area (Å²) in [5, 5.41) is 8.84. The molecule has 2 rings (SSSR count). The van der Waals surface area contributed by atoms with E-state index in [9.17, 15) is 0 Å². The highest BCUT2D eigenvalue weighted by atomic mass is 127. The van der Waals surface area contributed by atoms with E-state index in [1.165, 1.54) is 16.1 Å². The molecule has 0 saturated carbocycles. The van der Waals surface area contributed by atoms with Gasteiger partial charge in [-0.25, -0.2) is 0 Å². The summed E-state index contributed by atoms with van der Waals surface area (Å²) in [7, 11) is 4.12. The van der Waals surface area contributed by atoms with E-state index < -0.39 is 0 Å². The molecule has 0 spiro atoms. The Morgan fingerprint density at radius 3 is 2.44 bits per heavy atom. The summed E-state index contributed by atoms with van der Waals surface area (Å²) in [4.78, 5) is 8.15. The Hall–Kier alpha value is -1.28. The molecule has 0 aliphatic rings. The topological polar surface area (TPSA) is 39.7 Å². The van der Waals surface area contributed by atoms with Gasteiger partial charge in [-0.1, -0.05) is 18.2 Å². The third-order valence-corrected chi connectivity index (χ3v) is 4.65. The Balaban J connectivity index is 0.00000312. The van der Waals surface area contributed by atoms with Gasteiger partial charge in [-0.15, -0.1) is 35.3 Å². The van der Waals surface area contributed by atoms with Crippen LogP contribution < -0.4 is 15.5 Å². The number of aliphatic imine (C=N–C) groups is 1. The maximum Gasteiger partial charge on any atom is 0.191 e. The molecule has 0 atom stereocenters. The van der Waals surface area contributed by atoms with E-state index in [1.54, 1.807) is 11.3 Å². The fourth-order valence-electron chi connectivity index (χ4n) is 2.36. The minimum atomic E-state index is 0. The van der Waals surface area contributed by atoms with Gasteiger partial charge in [-0.2, -0.15) is 0 Å². The minimum absolute atomic E-state index is 0. The summed E-state index contributed by atoms with van der Waals surface area (Å²) in [6.07, 6.45) is 1.99. The lowest BCUT2D eigenvalue weighted by atomic mass is 10.1. The molecular formula is C19H29IN4S. The molecule has 1 aromatic carbocycles. The zero-order chi connectivity index (χ0) is 17.2. The second-order valence-electron chi connectivity index (χ2n) is 5.83. The molecule has 1 aromatic heterocycles. The van der Waals surface area contributed by atoms with Crippen molar-refractivity contribution >= 4 is 47.0 Å². The monoisotopic (exact) mass is 472 g/mol. The molecule has 138 valence electrons. The Morgan fingerprint density at radius 2 is 1.84 bits per heavy atom. The van der Waals surface area contributed by atoms with Crippen LogP contribution in [0.4, 0.5) is 5.69 Å². The van der Waals surface area contributed by atoms with Gasteiger partial charge < -0.3 is 15.5 Å². The molecule has 6 heteroatoms. The first-order valence-electron chi connectivity index (χ1n) is 8.50. The third kappa shape index (κ3) is 8.09. The summed E-state index contributed by atoms with van der Waals surface area (Å²) in [5.74, 6) is 0.902. The molecule has 25 heavy (non-hydrogen) atoms. The van der Waals surface area contributed by atoms with Crippen LogP contribution in [-0.4, -0.2) is 39.7 Å². The van der Waals surface area contributed by atoms with E-state index in [2.05, 4.69) is 83.3 Å². The van der Waals surface area contributed by atoms with Crippen LogP contribution in [0, 0.1) is 0 Å². The SMILES string of the molecule is CCNC(=NCCc1cccs1)NCCc1ccc(N(C)C)cc1.I. The van der Waals surface area contributed by atoms with Crippen molar-refractivity contribution in [2.45, 2.75) is 19.8 Å². The number of hydrogen-bond acceptors (Lipinski definition) is 3. The molecular weight excluding hydrogens is 443 g/mol. The predicted molar refractivity (Wildman–Crippen MR) is 122 cm³/mol.